The second-order valence-electron chi connectivity index (χ2n) is 11.0. The monoisotopic (exact) mass is 573 g/mol. The van der Waals surface area contributed by atoms with E-state index in [1.54, 1.807) is 0 Å². The summed E-state index contributed by atoms with van der Waals surface area (Å²) in [7, 11) is 4.00. The molecule has 9 nitrogen and oxygen atoms in total. The van der Waals surface area contributed by atoms with E-state index < -0.39 is 0 Å². The van der Waals surface area contributed by atoms with E-state index in [-0.39, 0.29) is 0 Å². The van der Waals surface area contributed by atoms with Gasteiger partial charge in [0.1, 0.15) is 5.82 Å². The molecule has 1 saturated heterocycles. The Balaban J connectivity index is 1.74. The van der Waals surface area contributed by atoms with Crippen LogP contribution in [0.25, 0.3) is 17.1 Å². The number of morpholine rings is 1. The standard InChI is InChI=1S/C33H47N7O2/c1-7-14-38(15-8-2)25-29-22-30(28-12-10-11-26(4)21-28)36-40(29)32-23-31(39-16-19-41-20-17-39)34-33(35-32)42-18-13-27(9-3)24-37(5)6/h9-12,21-24H,3,7-8,13-20,25H2,1-2,4-6H3/b27-24+. The van der Waals surface area contributed by atoms with Gasteiger partial charge in [0.2, 0.25) is 0 Å². The highest BCUT2D eigenvalue weighted by molar-refractivity contribution is 5.61. The lowest BCUT2D eigenvalue weighted by atomic mass is 10.1. The third kappa shape index (κ3) is 8.66. The fourth-order valence-corrected chi connectivity index (χ4v) is 5.15. The van der Waals surface area contributed by atoms with Crippen molar-refractivity contribution in [3.63, 3.8) is 0 Å². The third-order valence-electron chi connectivity index (χ3n) is 7.10. The number of aromatic nitrogens is 4. The molecule has 0 radical (unpaired) electrons. The summed E-state index contributed by atoms with van der Waals surface area (Å²) in [5.41, 5.74) is 5.41. The van der Waals surface area contributed by atoms with Crippen molar-refractivity contribution in [2.45, 2.75) is 46.6 Å². The molecular formula is C33H47N7O2. The highest BCUT2D eigenvalue weighted by Gasteiger charge is 2.20. The number of aryl methyl sites for hydroxylation is 1. The van der Waals surface area contributed by atoms with Crippen LogP contribution in [0.3, 0.4) is 0 Å². The average Bonchev–Trinajstić information content (AvgIpc) is 3.41. The molecule has 0 atom stereocenters. The van der Waals surface area contributed by atoms with Crippen LogP contribution in [0.5, 0.6) is 6.01 Å². The van der Waals surface area contributed by atoms with Gasteiger partial charge >= 0.3 is 6.01 Å². The van der Waals surface area contributed by atoms with Gasteiger partial charge in [0, 0.05) is 58.0 Å². The van der Waals surface area contributed by atoms with Crippen LogP contribution in [0.4, 0.5) is 5.82 Å². The van der Waals surface area contributed by atoms with Gasteiger partial charge < -0.3 is 19.3 Å². The van der Waals surface area contributed by atoms with Crippen LogP contribution in [0.1, 0.15) is 44.4 Å². The van der Waals surface area contributed by atoms with Crippen molar-refractivity contribution in [1.82, 2.24) is 29.5 Å². The second kappa shape index (κ2) is 15.5. The predicted octanol–water partition coefficient (Wildman–Crippen LogP) is 5.50. The summed E-state index contributed by atoms with van der Waals surface area (Å²) in [5, 5.41) is 5.12. The van der Waals surface area contributed by atoms with Gasteiger partial charge in [0.05, 0.1) is 31.2 Å². The largest absolute Gasteiger partial charge is 0.463 e. The summed E-state index contributed by atoms with van der Waals surface area (Å²) < 4.78 is 13.8. The normalized spacial score (nSPS) is 14.0. The number of ether oxygens (including phenoxy) is 2. The molecule has 0 saturated carbocycles. The fourth-order valence-electron chi connectivity index (χ4n) is 5.15. The van der Waals surface area contributed by atoms with E-state index in [4.69, 9.17) is 24.5 Å². The summed E-state index contributed by atoms with van der Waals surface area (Å²) in [4.78, 5) is 16.5. The molecule has 42 heavy (non-hydrogen) atoms. The maximum absolute atomic E-state index is 6.18. The Kier molecular flexibility index (Phi) is 11.5. The molecule has 0 spiro atoms. The van der Waals surface area contributed by atoms with Crippen molar-refractivity contribution in [2.75, 3.05) is 65.0 Å². The average molecular weight is 574 g/mol. The van der Waals surface area contributed by atoms with E-state index in [1.165, 1.54) is 5.56 Å². The smallest absolute Gasteiger partial charge is 0.320 e. The second-order valence-corrected chi connectivity index (χ2v) is 11.0. The van der Waals surface area contributed by atoms with Crippen molar-refractivity contribution >= 4 is 5.82 Å². The molecule has 3 heterocycles. The quantitative estimate of drug-likeness (QED) is 0.221. The van der Waals surface area contributed by atoms with Gasteiger partial charge in [-0.3, -0.25) is 4.90 Å². The molecule has 1 fully saturated rings. The van der Waals surface area contributed by atoms with Gasteiger partial charge in [-0.25, -0.2) is 4.68 Å². The van der Waals surface area contributed by atoms with E-state index >= 15 is 0 Å². The SMILES string of the molecule is C=C/C(=C\N(C)C)CCOc1nc(N2CCOCC2)cc(-n2nc(-c3cccc(C)c3)cc2CN(CCC)CCC)n1. The maximum Gasteiger partial charge on any atom is 0.320 e. The molecule has 1 aliphatic heterocycles. The van der Waals surface area contributed by atoms with Crippen LogP contribution < -0.4 is 9.64 Å². The van der Waals surface area contributed by atoms with E-state index in [2.05, 4.69) is 67.5 Å². The third-order valence-corrected chi connectivity index (χ3v) is 7.10. The first-order chi connectivity index (χ1) is 20.4. The lowest BCUT2D eigenvalue weighted by Crippen LogP contribution is -2.37. The first-order valence-corrected chi connectivity index (χ1v) is 15.1. The Morgan fingerprint density at radius 1 is 1.05 bits per heavy atom. The van der Waals surface area contributed by atoms with Crippen LogP contribution in [-0.2, 0) is 11.3 Å². The fraction of sp³-hybridized carbons (Fsp3) is 0.485. The van der Waals surface area contributed by atoms with Gasteiger partial charge in [-0.2, -0.15) is 15.1 Å². The van der Waals surface area contributed by atoms with E-state index in [1.807, 2.05) is 42.0 Å². The minimum absolute atomic E-state index is 0.347. The zero-order valence-electron chi connectivity index (χ0n) is 26.1. The first-order valence-electron chi connectivity index (χ1n) is 15.1. The number of benzene rings is 1. The first kappa shape index (κ1) is 31.3. The molecule has 0 N–H and O–H groups in total. The molecule has 1 aromatic carbocycles. The van der Waals surface area contributed by atoms with E-state index in [0.717, 1.165) is 73.9 Å². The molecular weight excluding hydrogens is 526 g/mol. The minimum atomic E-state index is 0.347. The summed E-state index contributed by atoms with van der Waals surface area (Å²) in [6.07, 6.45) is 6.81. The Morgan fingerprint density at radius 2 is 1.79 bits per heavy atom. The van der Waals surface area contributed by atoms with Crippen LogP contribution in [-0.4, -0.2) is 89.6 Å². The number of anilines is 1. The Hall–Kier alpha value is -3.69. The zero-order valence-corrected chi connectivity index (χ0v) is 26.1. The maximum atomic E-state index is 6.18. The van der Waals surface area contributed by atoms with Crippen molar-refractivity contribution in [1.29, 1.82) is 0 Å². The molecule has 0 amide bonds. The van der Waals surface area contributed by atoms with E-state index in [0.29, 0.717) is 38.1 Å². The number of hydrogen-bond donors (Lipinski definition) is 0. The van der Waals surface area contributed by atoms with Crippen molar-refractivity contribution in [2.24, 2.45) is 0 Å². The van der Waals surface area contributed by atoms with Crippen LogP contribution >= 0.6 is 0 Å². The molecule has 2 aromatic heterocycles. The van der Waals surface area contributed by atoms with E-state index in [9.17, 15) is 0 Å². The van der Waals surface area contributed by atoms with Gasteiger partial charge in [0.15, 0.2) is 5.82 Å². The highest BCUT2D eigenvalue weighted by Crippen LogP contribution is 2.26. The predicted molar refractivity (Wildman–Crippen MR) is 170 cm³/mol. The summed E-state index contributed by atoms with van der Waals surface area (Å²) >= 11 is 0. The minimum Gasteiger partial charge on any atom is -0.463 e. The molecule has 226 valence electrons. The van der Waals surface area contributed by atoms with Crippen molar-refractivity contribution in [3.05, 3.63) is 72.1 Å². The molecule has 3 aromatic rings. The topological polar surface area (TPSA) is 71.8 Å². The Labute approximate surface area is 251 Å². The van der Waals surface area contributed by atoms with Gasteiger partial charge in [-0.05, 0) is 50.6 Å². The Morgan fingerprint density at radius 3 is 2.45 bits per heavy atom. The van der Waals surface area contributed by atoms with Crippen LogP contribution in [0.2, 0.25) is 0 Å². The molecule has 9 heteroatoms. The summed E-state index contributed by atoms with van der Waals surface area (Å²) in [6.45, 7) is 16.7. The molecule has 1 aliphatic rings. The molecule has 0 bridgehead atoms. The molecule has 0 unspecified atom stereocenters. The zero-order chi connectivity index (χ0) is 29.9. The Bertz CT molecular complexity index is 1320. The summed E-state index contributed by atoms with van der Waals surface area (Å²) in [5.74, 6) is 1.53. The molecule has 0 aliphatic carbocycles. The van der Waals surface area contributed by atoms with Crippen molar-refractivity contribution < 1.29 is 9.47 Å². The number of rotatable bonds is 15. The number of hydrogen-bond acceptors (Lipinski definition) is 8. The van der Waals surface area contributed by atoms with Gasteiger partial charge in [0.25, 0.3) is 0 Å². The molecule has 4 rings (SSSR count). The van der Waals surface area contributed by atoms with Crippen LogP contribution in [0, 0.1) is 6.92 Å². The van der Waals surface area contributed by atoms with Crippen molar-refractivity contribution in [3.8, 4) is 23.1 Å². The highest BCUT2D eigenvalue weighted by atomic mass is 16.5. The van der Waals surface area contributed by atoms with Crippen LogP contribution in [0.15, 0.2) is 60.8 Å². The van der Waals surface area contributed by atoms with Gasteiger partial charge in [-0.1, -0.05) is 50.3 Å². The van der Waals surface area contributed by atoms with Gasteiger partial charge in [-0.15, -0.1) is 0 Å². The lowest BCUT2D eigenvalue weighted by molar-refractivity contribution is 0.122. The summed E-state index contributed by atoms with van der Waals surface area (Å²) in [6, 6.07) is 13.1. The lowest BCUT2D eigenvalue weighted by Gasteiger charge is -2.28. The number of allylic oxidation sites excluding steroid dienone is 1. The number of nitrogens with zero attached hydrogens (tertiary/aromatic N) is 7.